The van der Waals surface area contributed by atoms with Crippen molar-refractivity contribution in [3.8, 4) is 5.75 Å². The molecule has 0 radical (unpaired) electrons. The molecule has 1 amide bonds. The number of rotatable bonds is 5. The van der Waals surface area contributed by atoms with Gasteiger partial charge in [-0.05, 0) is 30.7 Å². The predicted molar refractivity (Wildman–Crippen MR) is 86.4 cm³/mol. The van der Waals surface area contributed by atoms with Crippen molar-refractivity contribution in [2.45, 2.75) is 6.92 Å². The van der Waals surface area contributed by atoms with Crippen LogP contribution in [0.4, 0.5) is 0 Å². The Labute approximate surface area is 132 Å². The van der Waals surface area contributed by atoms with E-state index >= 15 is 0 Å². The Hall–Kier alpha value is -2.14. The molecular formula is C16H15BrN2O2. The van der Waals surface area contributed by atoms with Crippen LogP contribution in [0.1, 0.15) is 12.5 Å². The maximum absolute atomic E-state index is 11.7. The number of hydrogen-bond acceptors (Lipinski definition) is 3. The molecule has 0 unspecified atom stereocenters. The molecule has 0 bridgehead atoms. The SMILES string of the molecule is C/C(=N/NC(=O)COc1cccc(Br)c1)c1ccccc1. The highest BCUT2D eigenvalue weighted by Gasteiger charge is 2.03. The van der Waals surface area contributed by atoms with Gasteiger partial charge < -0.3 is 4.74 Å². The summed E-state index contributed by atoms with van der Waals surface area (Å²) in [5.41, 5.74) is 4.18. The molecule has 21 heavy (non-hydrogen) atoms. The minimum atomic E-state index is -0.301. The van der Waals surface area contributed by atoms with Crippen LogP contribution in [-0.2, 0) is 4.79 Å². The van der Waals surface area contributed by atoms with Crippen molar-refractivity contribution in [3.05, 3.63) is 64.6 Å². The molecule has 108 valence electrons. The van der Waals surface area contributed by atoms with Crippen molar-refractivity contribution in [2.75, 3.05) is 6.61 Å². The maximum atomic E-state index is 11.7. The van der Waals surface area contributed by atoms with Crippen LogP contribution < -0.4 is 10.2 Å². The van der Waals surface area contributed by atoms with Gasteiger partial charge in [0.25, 0.3) is 5.91 Å². The summed E-state index contributed by atoms with van der Waals surface area (Å²) in [5.74, 6) is 0.327. The molecule has 2 aromatic carbocycles. The number of nitrogens with zero attached hydrogens (tertiary/aromatic N) is 1. The Morgan fingerprint density at radius 3 is 2.67 bits per heavy atom. The van der Waals surface area contributed by atoms with Crippen molar-refractivity contribution in [3.63, 3.8) is 0 Å². The van der Waals surface area contributed by atoms with Crippen LogP contribution in [-0.4, -0.2) is 18.2 Å². The van der Waals surface area contributed by atoms with Gasteiger partial charge in [0.05, 0.1) is 5.71 Å². The van der Waals surface area contributed by atoms with Gasteiger partial charge in [-0.2, -0.15) is 5.10 Å². The summed E-state index contributed by atoms with van der Waals surface area (Å²) in [4.78, 5) is 11.7. The van der Waals surface area contributed by atoms with E-state index in [2.05, 4.69) is 26.5 Å². The zero-order valence-corrected chi connectivity index (χ0v) is 13.1. The molecule has 5 heteroatoms. The molecule has 0 atom stereocenters. The fourth-order valence-corrected chi connectivity index (χ4v) is 2.01. The third-order valence-corrected chi connectivity index (χ3v) is 3.20. The number of ether oxygens (including phenoxy) is 1. The van der Waals surface area contributed by atoms with Crippen molar-refractivity contribution in [2.24, 2.45) is 5.10 Å². The van der Waals surface area contributed by atoms with Crippen molar-refractivity contribution >= 4 is 27.5 Å². The molecule has 0 aliphatic heterocycles. The standard InChI is InChI=1S/C16H15BrN2O2/c1-12(13-6-3-2-4-7-13)18-19-16(20)11-21-15-9-5-8-14(17)10-15/h2-10H,11H2,1H3,(H,19,20)/b18-12-. The predicted octanol–water partition coefficient (Wildman–Crippen LogP) is 3.37. The van der Waals surface area contributed by atoms with E-state index in [0.717, 1.165) is 15.7 Å². The molecule has 0 saturated heterocycles. The van der Waals surface area contributed by atoms with Crippen LogP contribution in [0.2, 0.25) is 0 Å². The van der Waals surface area contributed by atoms with E-state index in [0.29, 0.717) is 5.75 Å². The first kappa shape index (κ1) is 15.3. The van der Waals surface area contributed by atoms with Gasteiger partial charge in [0.2, 0.25) is 0 Å². The first-order valence-electron chi connectivity index (χ1n) is 6.42. The highest BCUT2D eigenvalue weighted by Crippen LogP contribution is 2.17. The minimum absolute atomic E-state index is 0.0813. The van der Waals surface area contributed by atoms with E-state index < -0.39 is 0 Å². The second-order valence-corrected chi connectivity index (χ2v) is 5.26. The number of hydrazone groups is 1. The number of benzene rings is 2. The fourth-order valence-electron chi connectivity index (χ4n) is 1.63. The summed E-state index contributed by atoms with van der Waals surface area (Å²) in [6.45, 7) is 1.76. The first-order chi connectivity index (χ1) is 10.1. The van der Waals surface area contributed by atoms with Crippen LogP contribution in [0.5, 0.6) is 5.75 Å². The monoisotopic (exact) mass is 346 g/mol. The van der Waals surface area contributed by atoms with Gasteiger partial charge in [-0.25, -0.2) is 5.43 Å². The molecule has 2 aromatic rings. The summed E-state index contributed by atoms with van der Waals surface area (Å²) < 4.78 is 6.28. The normalized spacial score (nSPS) is 11.0. The number of carbonyl (C=O) groups excluding carboxylic acids is 1. The lowest BCUT2D eigenvalue weighted by Crippen LogP contribution is -2.25. The lowest BCUT2D eigenvalue weighted by Gasteiger charge is -2.06. The third-order valence-electron chi connectivity index (χ3n) is 2.71. The lowest BCUT2D eigenvalue weighted by atomic mass is 10.1. The highest BCUT2D eigenvalue weighted by molar-refractivity contribution is 9.10. The molecule has 2 rings (SSSR count). The van der Waals surface area contributed by atoms with E-state index in [9.17, 15) is 4.79 Å². The summed E-state index contributed by atoms with van der Waals surface area (Å²) in [6.07, 6.45) is 0. The molecule has 0 spiro atoms. The molecule has 0 aromatic heterocycles. The average molecular weight is 347 g/mol. The van der Waals surface area contributed by atoms with Crippen LogP contribution in [0.3, 0.4) is 0 Å². The molecule has 1 N–H and O–H groups in total. The zero-order valence-electron chi connectivity index (χ0n) is 11.5. The fraction of sp³-hybridized carbons (Fsp3) is 0.125. The zero-order chi connectivity index (χ0) is 15.1. The van der Waals surface area contributed by atoms with Crippen LogP contribution in [0.15, 0.2) is 64.2 Å². The van der Waals surface area contributed by atoms with Crippen molar-refractivity contribution < 1.29 is 9.53 Å². The van der Waals surface area contributed by atoms with Crippen LogP contribution >= 0.6 is 15.9 Å². The number of carbonyl (C=O) groups is 1. The van der Waals surface area contributed by atoms with E-state index in [4.69, 9.17) is 4.74 Å². The topological polar surface area (TPSA) is 50.7 Å². The largest absolute Gasteiger partial charge is 0.484 e. The maximum Gasteiger partial charge on any atom is 0.277 e. The summed E-state index contributed by atoms with van der Waals surface area (Å²) >= 11 is 3.34. The number of amides is 1. The van der Waals surface area contributed by atoms with E-state index in [-0.39, 0.29) is 12.5 Å². The molecule has 0 saturated carbocycles. The molecular weight excluding hydrogens is 332 g/mol. The van der Waals surface area contributed by atoms with E-state index in [1.54, 1.807) is 12.1 Å². The van der Waals surface area contributed by atoms with Gasteiger partial charge in [0.15, 0.2) is 6.61 Å². The minimum Gasteiger partial charge on any atom is -0.484 e. The van der Waals surface area contributed by atoms with Gasteiger partial charge in [-0.15, -0.1) is 0 Å². The Morgan fingerprint density at radius 2 is 1.95 bits per heavy atom. The van der Waals surface area contributed by atoms with Crippen LogP contribution in [0, 0.1) is 0 Å². The van der Waals surface area contributed by atoms with Crippen molar-refractivity contribution in [1.29, 1.82) is 0 Å². The second kappa shape index (κ2) is 7.59. The highest BCUT2D eigenvalue weighted by atomic mass is 79.9. The second-order valence-electron chi connectivity index (χ2n) is 4.34. The Morgan fingerprint density at radius 1 is 1.19 bits per heavy atom. The molecule has 4 nitrogen and oxygen atoms in total. The Bertz CT molecular complexity index is 642. The number of nitrogens with one attached hydrogen (secondary N) is 1. The summed E-state index contributed by atoms with van der Waals surface area (Å²) in [6, 6.07) is 17.0. The van der Waals surface area contributed by atoms with Gasteiger partial charge >= 0.3 is 0 Å². The van der Waals surface area contributed by atoms with Gasteiger partial charge in [-0.1, -0.05) is 52.3 Å². The van der Waals surface area contributed by atoms with Gasteiger partial charge in [-0.3, -0.25) is 4.79 Å². The molecule has 0 aliphatic rings. The molecule has 0 fully saturated rings. The lowest BCUT2D eigenvalue weighted by molar-refractivity contribution is -0.123. The first-order valence-corrected chi connectivity index (χ1v) is 7.21. The van der Waals surface area contributed by atoms with E-state index in [1.165, 1.54) is 0 Å². The number of hydrogen-bond donors (Lipinski definition) is 1. The Balaban J connectivity index is 1.85. The quantitative estimate of drug-likeness (QED) is 0.666. The van der Waals surface area contributed by atoms with E-state index in [1.807, 2.05) is 49.4 Å². The van der Waals surface area contributed by atoms with Gasteiger partial charge in [0.1, 0.15) is 5.75 Å². The third kappa shape index (κ3) is 5.04. The summed E-state index contributed by atoms with van der Waals surface area (Å²) in [7, 11) is 0. The number of halogens is 1. The summed E-state index contributed by atoms with van der Waals surface area (Å²) in [5, 5.41) is 4.05. The van der Waals surface area contributed by atoms with Gasteiger partial charge in [0, 0.05) is 4.47 Å². The average Bonchev–Trinajstić information content (AvgIpc) is 2.51. The molecule has 0 aliphatic carbocycles. The van der Waals surface area contributed by atoms with Crippen molar-refractivity contribution in [1.82, 2.24) is 5.43 Å². The Kier molecular flexibility index (Phi) is 5.51. The smallest absolute Gasteiger partial charge is 0.277 e. The molecule has 0 heterocycles. The van der Waals surface area contributed by atoms with Crippen LogP contribution in [0.25, 0.3) is 0 Å².